The SMILES string of the molecule is CC1(C(=O)N2CC(C)(c3nnc(-c4cccnc4)o3)C2)CCCCO1. The molecule has 1 atom stereocenters. The second-order valence-electron chi connectivity index (χ2n) is 7.41. The van der Waals surface area contributed by atoms with E-state index < -0.39 is 5.60 Å². The van der Waals surface area contributed by atoms with Crippen LogP contribution < -0.4 is 0 Å². The van der Waals surface area contributed by atoms with Crippen LogP contribution in [0.15, 0.2) is 28.9 Å². The molecule has 0 bridgehead atoms. The summed E-state index contributed by atoms with van der Waals surface area (Å²) in [5.74, 6) is 1.08. The maximum Gasteiger partial charge on any atom is 0.254 e. The van der Waals surface area contributed by atoms with Crippen LogP contribution in [0.2, 0.25) is 0 Å². The van der Waals surface area contributed by atoms with Crippen molar-refractivity contribution in [3.8, 4) is 11.5 Å². The molecule has 2 saturated heterocycles. The number of aromatic nitrogens is 3. The smallest absolute Gasteiger partial charge is 0.254 e. The Kier molecular flexibility index (Phi) is 3.83. The summed E-state index contributed by atoms with van der Waals surface area (Å²) in [7, 11) is 0. The van der Waals surface area contributed by atoms with Gasteiger partial charge in [-0.25, -0.2) is 0 Å². The van der Waals surface area contributed by atoms with Gasteiger partial charge in [0, 0.05) is 32.1 Å². The summed E-state index contributed by atoms with van der Waals surface area (Å²) in [5.41, 5.74) is -0.205. The van der Waals surface area contributed by atoms with E-state index in [0.29, 0.717) is 31.5 Å². The van der Waals surface area contributed by atoms with Crippen LogP contribution in [-0.4, -0.2) is 51.3 Å². The van der Waals surface area contributed by atoms with Crippen molar-refractivity contribution < 1.29 is 13.9 Å². The highest BCUT2D eigenvalue weighted by molar-refractivity contribution is 5.86. The lowest BCUT2D eigenvalue weighted by Gasteiger charge is -2.49. The van der Waals surface area contributed by atoms with Gasteiger partial charge in [0.15, 0.2) is 0 Å². The Labute approximate surface area is 146 Å². The van der Waals surface area contributed by atoms with Gasteiger partial charge in [-0.3, -0.25) is 9.78 Å². The van der Waals surface area contributed by atoms with Crippen molar-refractivity contribution in [2.75, 3.05) is 19.7 Å². The van der Waals surface area contributed by atoms with E-state index in [2.05, 4.69) is 15.2 Å². The van der Waals surface area contributed by atoms with E-state index in [-0.39, 0.29) is 11.3 Å². The highest BCUT2D eigenvalue weighted by Crippen LogP contribution is 2.37. The molecule has 0 aromatic carbocycles. The fraction of sp³-hybridized carbons (Fsp3) is 0.556. The van der Waals surface area contributed by atoms with Gasteiger partial charge in [-0.2, -0.15) is 0 Å². The number of hydrogen-bond acceptors (Lipinski definition) is 6. The quantitative estimate of drug-likeness (QED) is 0.850. The van der Waals surface area contributed by atoms with Crippen LogP contribution in [0.3, 0.4) is 0 Å². The van der Waals surface area contributed by atoms with Gasteiger partial charge in [-0.05, 0) is 45.2 Å². The number of pyridine rings is 1. The Morgan fingerprint density at radius 1 is 1.24 bits per heavy atom. The summed E-state index contributed by atoms with van der Waals surface area (Å²) in [6, 6.07) is 3.71. The van der Waals surface area contributed by atoms with E-state index in [9.17, 15) is 4.79 Å². The number of carbonyl (C=O) groups excluding carboxylic acids is 1. The van der Waals surface area contributed by atoms with Crippen molar-refractivity contribution in [1.29, 1.82) is 0 Å². The topological polar surface area (TPSA) is 81.4 Å². The molecule has 4 rings (SSSR count). The molecule has 7 nitrogen and oxygen atoms in total. The molecular formula is C18H22N4O3. The molecular weight excluding hydrogens is 320 g/mol. The number of ether oxygens (including phenoxy) is 1. The van der Waals surface area contributed by atoms with E-state index in [1.54, 1.807) is 12.4 Å². The van der Waals surface area contributed by atoms with Crippen molar-refractivity contribution >= 4 is 5.91 Å². The summed E-state index contributed by atoms with van der Waals surface area (Å²) < 4.78 is 11.6. The number of rotatable bonds is 3. The van der Waals surface area contributed by atoms with Crippen LogP contribution in [-0.2, 0) is 14.9 Å². The summed E-state index contributed by atoms with van der Waals surface area (Å²) >= 11 is 0. The van der Waals surface area contributed by atoms with Crippen LogP contribution in [0, 0.1) is 0 Å². The molecule has 2 aliphatic rings. The number of amides is 1. The molecule has 2 aromatic rings. The first kappa shape index (κ1) is 16.2. The molecule has 2 aliphatic heterocycles. The third-order valence-corrected chi connectivity index (χ3v) is 5.14. The average Bonchev–Trinajstić information content (AvgIpc) is 3.10. The second-order valence-corrected chi connectivity index (χ2v) is 7.41. The first-order valence-electron chi connectivity index (χ1n) is 8.68. The van der Waals surface area contributed by atoms with E-state index >= 15 is 0 Å². The van der Waals surface area contributed by atoms with E-state index in [0.717, 1.165) is 24.8 Å². The van der Waals surface area contributed by atoms with Crippen molar-refractivity contribution in [3.63, 3.8) is 0 Å². The highest BCUT2D eigenvalue weighted by Gasteiger charge is 2.51. The second kappa shape index (κ2) is 5.91. The van der Waals surface area contributed by atoms with Crippen LogP contribution in [0.25, 0.3) is 11.5 Å². The van der Waals surface area contributed by atoms with Crippen molar-refractivity contribution in [2.45, 2.75) is 44.1 Å². The fourth-order valence-corrected chi connectivity index (χ4v) is 3.59. The average molecular weight is 342 g/mol. The Bertz CT molecular complexity index is 762. The minimum absolute atomic E-state index is 0.0664. The normalized spacial score (nSPS) is 25.4. The molecule has 1 amide bonds. The van der Waals surface area contributed by atoms with Crippen molar-refractivity contribution in [2.24, 2.45) is 0 Å². The van der Waals surface area contributed by atoms with Gasteiger partial charge in [0.1, 0.15) is 5.60 Å². The van der Waals surface area contributed by atoms with E-state index in [1.165, 1.54) is 0 Å². The van der Waals surface area contributed by atoms with Crippen LogP contribution >= 0.6 is 0 Å². The summed E-state index contributed by atoms with van der Waals surface area (Å²) in [4.78, 5) is 18.7. The minimum Gasteiger partial charge on any atom is -0.420 e. The molecule has 2 aromatic heterocycles. The Morgan fingerprint density at radius 3 is 2.76 bits per heavy atom. The van der Waals surface area contributed by atoms with Crippen molar-refractivity contribution in [1.82, 2.24) is 20.1 Å². The lowest BCUT2D eigenvalue weighted by Crippen LogP contribution is -2.64. The molecule has 0 spiro atoms. The van der Waals surface area contributed by atoms with Gasteiger partial charge in [0.2, 0.25) is 11.8 Å². The first-order chi connectivity index (χ1) is 12.0. The van der Waals surface area contributed by atoms with Gasteiger partial charge in [0.25, 0.3) is 5.91 Å². The monoisotopic (exact) mass is 342 g/mol. The van der Waals surface area contributed by atoms with Crippen molar-refractivity contribution in [3.05, 3.63) is 30.4 Å². The zero-order valence-corrected chi connectivity index (χ0v) is 14.6. The zero-order valence-electron chi connectivity index (χ0n) is 14.6. The predicted octanol–water partition coefficient (Wildman–Crippen LogP) is 2.19. The number of carbonyl (C=O) groups is 1. The summed E-state index contributed by atoms with van der Waals surface area (Å²) in [6.45, 7) is 5.74. The standard InChI is InChI=1S/C18H22N4O3/c1-17(15-21-20-14(25-15)13-6-5-8-19-10-13)11-22(12-17)16(23)18(2)7-3-4-9-24-18/h5-6,8,10H,3-4,7,9,11-12H2,1-2H3. The van der Waals surface area contributed by atoms with Crippen LogP contribution in [0.4, 0.5) is 0 Å². The van der Waals surface area contributed by atoms with Crippen LogP contribution in [0.1, 0.15) is 39.0 Å². The number of hydrogen-bond donors (Lipinski definition) is 0. The molecule has 1 unspecified atom stereocenters. The molecule has 25 heavy (non-hydrogen) atoms. The maximum atomic E-state index is 12.8. The molecule has 132 valence electrons. The Hall–Kier alpha value is -2.28. The molecule has 4 heterocycles. The zero-order chi connectivity index (χ0) is 17.5. The van der Waals surface area contributed by atoms with E-state index in [1.807, 2.05) is 30.9 Å². The first-order valence-corrected chi connectivity index (χ1v) is 8.68. The third kappa shape index (κ3) is 2.82. The number of likely N-dealkylation sites (tertiary alicyclic amines) is 1. The van der Waals surface area contributed by atoms with Gasteiger partial charge in [-0.15, -0.1) is 10.2 Å². The van der Waals surface area contributed by atoms with E-state index in [4.69, 9.17) is 9.15 Å². The number of nitrogens with zero attached hydrogens (tertiary/aromatic N) is 4. The highest BCUT2D eigenvalue weighted by atomic mass is 16.5. The third-order valence-electron chi connectivity index (χ3n) is 5.14. The predicted molar refractivity (Wildman–Crippen MR) is 89.7 cm³/mol. The molecule has 0 aliphatic carbocycles. The Balaban J connectivity index is 1.45. The van der Waals surface area contributed by atoms with Gasteiger partial charge in [-0.1, -0.05) is 0 Å². The lowest BCUT2D eigenvalue weighted by molar-refractivity contribution is -0.169. The van der Waals surface area contributed by atoms with Gasteiger partial charge < -0.3 is 14.1 Å². The molecule has 0 radical (unpaired) electrons. The molecule has 7 heteroatoms. The maximum absolute atomic E-state index is 12.8. The molecule has 0 N–H and O–H groups in total. The largest absolute Gasteiger partial charge is 0.420 e. The summed E-state index contributed by atoms with van der Waals surface area (Å²) in [5, 5.41) is 8.32. The summed E-state index contributed by atoms with van der Waals surface area (Å²) in [6.07, 6.45) is 6.23. The Morgan fingerprint density at radius 2 is 2.08 bits per heavy atom. The molecule has 2 fully saturated rings. The van der Waals surface area contributed by atoms with Crippen LogP contribution in [0.5, 0.6) is 0 Å². The van der Waals surface area contributed by atoms with Gasteiger partial charge in [0.05, 0.1) is 11.0 Å². The minimum atomic E-state index is -0.685. The van der Waals surface area contributed by atoms with Gasteiger partial charge >= 0.3 is 0 Å². The molecule has 0 saturated carbocycles. The fourth-order valence-electron chi connectivity index (χ4n) is 3.59. The lowest BCUT2D eigenvalue weighted by atomic mass is 9.80.